The molecule has 1 amide bonds. The van der Waals surface area contributed by atoms with E-state index in [9.17, 15) is 4.79 Å². The van der Waals surface area contributed by atoms with Gasteiger partial charge in [0.2, 0.25) is 11.9 Å². The van der Waals surface area contributed by atoms with E-state index in [1.54, 1.807) is 6.20 Å². The number of carbonyl (C=O) groups excluding carboxylic acids is 1. The summed E-state index contributed by atoms with van der Waals surface area (Å²) in [5.74, 6) is 0.529. The van der Waals surface area contributed by atoms with Gasteiger partial charge in [0, 0.05) is 37.1 Å². The zero-order valence-corrected chi connectivity index (χ0v) is 13.1. The first kappa shape index (κ1) is 15.4. The van der Waals surface area contributed by atoms with Gasteiger partial charge in [0.25, 0.3) is 0 Å². The quantitative estimate of drug-likeness (QED) is 0.801. The average molecular weight is 312 g/mol. The van der Waals surface area contributed by atoms with E-state index in [2.05, 4.69) is 20.6 Å². The van der Waals surface area contributed by atoms with E-state index < -0.39 is 0 Å². The van der Waals surface area contributed by atoms with Gasteiger partial charge in [0.05, 0.1) is 17.8 Å². The van der Waals surface area contributed by atoms with Crippen molar-refractivity contribution in [1.29, 1.82) is 0 Å². The molecule has 1 aromatic heterocycles. The van der Waals surface area contributed by atoms with Crippen molar-refractivity contribution in [2.75, 3.05) is 30.4 Å². The van der Waals surface area contributed by atoms with Crippen LogP contribution in [0.4, 0.5) is 11.6 Å². The first-order chi connectivity index (χ1) is 11.3. The summed E-state index contributed by atoms with van der Waals surface area (Å²) in [5, 5.41) is 6.12. The maximum atomic E-state index is 12.0. The molecule has 0 saturated carbocycles. The number of ether oxygens (including phenoxy) is 1. The van der Waals surface area contributed by atoms with E-state index in [1.807, 2.05) is 31.2 Å². The van der Waals surface area contributed by atoms with Crippen molar-refractivity contribution in [2.24, 2.45) is 0 Å². The van der Waals surface area contributed by atoms with E-state index in [0.29, 0.717) is 5.95 Å². The molecule has 0 fully saturated rings. The van der Waals surface area contributed by atoms with Gasteiger partial charge >= 0.3 is 0 Å². The van der Waals surface area contributed by atoms with Crippen LogP contribution in [0.25, 0.3) is 11.3 Å². The van der Waals surface area contributed by atoms with Gasteiger partial charge in [-0.3, -0.25) is 4.79 Å². The predicted octanol–water partition coefficient (Wildman–Crippen LogP) is 2.48. The Morgan fingerprint density at radius 2 is 2.22 bits per heavy atom. The SMILES string of the molecule is CCOCCCNc1ncc2c(n1)-c1ccccc1NC(=O)C2. The zero-order valence-electron chi connectivity index (χ0n) is 13.1. The van der Waals surface area contributed by atoms with Crippen LogP contribution < -0.4 is 10.6 Å². The highest BCUT2D eigenvalue weighted by Gasteiger charge is 2.20. The number of nitrogens with zero attached hydrogens (tertiary/aromatic N) is 2. The van der Waals surface area contributed by atoms with Crippen molar-refractivity contribution in [3.05, 3.63) is 36.0 Å². The molecule has 6 nitrogen and oxygen atoms in total. The molecule has 0 radical (unpaired) electrons. The molecule has 0 atom stereocenters. The number of anilines is 2. The molecule has 0 saturated heterocycles. The number of hydrogen-bond acceptors (Lipinski definition) is 5. The summed E-state index contributed by atoms with van der Waals surface area (Å²) in [5.41, 5.74) is 3.36. The maximum absolute atomic E-state index is 12.0. The number of para-hydroxylation sites is 1. The van der Waals surface area contributed by atoms with Crippen molar-refractivity contribution in [1.82, 2.24) is 9.97 Å². The largest absolute Gasteiger partial charge is 0.382 e. The Morgan fingerprint density at radius 1 is 1.35 bits per heavy atom. The highest BCUT2D eigenvalue weighted by Crippen LogP contribution is 2.32. The molecule has 120 valence electrons. The van der Waals surface area contributed by atoms with Gasteiger partial charge in [-0.1, -0.05) is 18.2 Å². The Kier molecular flexibility index (Phi) is 4.83. The van der Waals surface area contributed by atoms with Crippen LogP contribution in [0, 0.1) is 0 Å². The number of nitrogens with one attached hydrogen (secondary N) is 2. The molecule has 2 aromatic rings. The number of carbonyl (C=O) groups is 1. The highest BCUT2D eigenvalue weighted by molar-refractivity contribution is 5.99. The Bertz CT molecular complexity index is 703. The number of amides is 1. The summed E-state index contributed by atoms with van der Waals surface area (Å²) in [4.78, 5) is 20.9. The van der Waals surface area contributed by atoms with Crippen molar-refractivity contribution >= 4 is 17.5 Å². The van der Waals surface area contributed by atoms with Crippen LogP contribution in [0.2, 0.25) is 0 Å². The van der Waals surface area contributed by atoms with Crippen molar-refractivity contribution < 1.29 is 9.53 Å². The summed E-state index contributed by atoms with van der Waals surface area (Å²) in [6.45, 7) is 4.18. The van der Waals surface area contributed by atoms with Gasteiger partial charge in [0.15, 0.2) is 0 Å². The molecule has 0 unspecified atom stereocenters. The van der Waals surface area contributed by atoms with E-state index in [1.165, 1.54) is 0 Å². The first-order valence-corrected chi connectivity index (χ1v) is 7.84. The van der Waals surface area contributed by atoms with Gasteiger partial charge in [-0.2, -0.15) is 0 Å². The molecule has 2 heterocycles. The molecule has 1 aliphatic heterocycles. The number of fused-ring (bicyclic) bond motifs is 3. The fraction of sp³-hybridized carbons (Fsp3) is 0.353. The van der Waals surface area contributed by atoms with Crippen LogP contribution >= 0.6 is 0 Å². The van der Waals surface area contributed by atoms with Crippen LogP contribution in [0.15, 0.2) is 30.5 Å². The molecule has 0 spiro atoms. The van der Waals surface area contributed by atoms with Gasteiger partial charge in [-0.05, 0) is 19.4 Å². The third-order valence-electron chi connectivity index (χ3n) is 3.62. The van der Waals surface area contributed by atoms with Crippen LogP contribution in [0.3, 0.4) is 0 Å². The van der Waals surface area contributed by atoms with E-state index in [4.69, 9.17) is 4.74 Å². The lowest BCUT2D eigenvalue weighted by Crippen LogP contribution is -2.13. The normalized spacial score (nSPS) is 12.8. The molecule has 0 aliphatic carbocycles. The molecular formula is C17H20N4O2. The van der Waals surface area contributed by atoms with Gasteiger partial charge in [-0.25, -0.2) is 9.97 Å². The van der Waals surface area contributed by atoms with Gasteiger partial charge < -0.3 is 15.4 Å². The summed E-state index contributed by atoms with van der Waals surface area (Å²) < 4.78 is 5.31. The molecule has 3 rings (SSSR count). The molecule has 1 aromatic carbocycles. The second kappa shape index (κ2) is 7.19. The number of rotatable bonds is 6. The molecule has 23 heavy (non-hydrogen) atoms. The van der Waals surface area contributed by atoms with Crippen LogP contribution in [0.1, 0.15) is 18.9 Å². The minimum Gasteiger partial charge on any atom is -0.382 e. The molecule has 0 bridgehead atoms. The standard InChI is InChI=1S/C17H20N4O2/c1-2-23-9-5-8-18-17-19-11-12-10-15(22)20-14-7-4-3-6-13(14)16(12)21-17/h3-4,6-7,11H,2,5,8-10H2,1H3,(H,20,22)(H,18,19,21). The topological polar surface area (TPSA) is 76.1 Å². The van der Waals surface area contributed by atoms with E-state index in [0.717, 1.165) is 48.7 Å². The summed E-state index contributed by atoms with van der Waals surface area (Å²) in [6, 6.07) is 7.70. The maximum Gasteiger partial charge on any atom is 0.228 e. The van der Waals surface area contributed by atoms with E-state index >= 15 is 0 Å². The fourth-order valence-electron chi connectivity index (χ4n) is 2.54. The lowest BCUT2D eigenvalue weighted by molar-refractivity contribution is -0.115. The lowest BCUT2D eigenvalue weighted by Gasteiger charge is -2.10. The third-order valence-corrected chi connectivity index (χ3v) is 3.62. The Labute approximate surface area is 135 Å². The zero-order chi connectivity index (χ0) is 16.1. The number of hydrogen-bond donors (Lipinski definition) is 2. The summed E-state index contributed by atoms with van der Waals surface area (Å²) >= 11 is 0. The van der Waals surface area contributed by atoms with Crippen LogP contribution in [0.5, 0.6) is 0 Å². The van der Waals surface area contributed by atoms with Crippen LogP contribution in [-0.4, -0.2) is 35.6 Å². The Morgan fingerprint density at radius 3 is 3.09 bits per heavy atom. The predicted molar refractivity (Wildman–Crippen MR) is 89.4 cm³/mol. The minimum atomic E-state index is -0.0442. The molecule has 1 aliphatic rings. The van der Waals surface area contributed by atoms with Gasteiger partial charge in [-0.15, -0.1) is 0 Å². The van der Waals surface area contributed by atoms with Gasteiger partial charge in [0.1, 0.15) is 0 Å². The second-order valence-corrected chi connectivity index (χ2v) is 5.32. The highest BCUT2D eigenvalue weighted by atomic mass is 16.5. The molecular weight excluding hydrogens is 292 g/mol. The van der Waals surface area contributed by atoms with Crippen molar-refractivity contribution in [2.45, 2.75) is 19.8 Å². The minimum absolute atomic E-state index is 0.0442. The van der Waals surface area contributed by atoms with Crippen molar-refractivity contribution in [3.8, 4) is 11.3 Å². The average Bonchev–Trinajstić information content (AvgIpc) is 2.70. The van der Waals surface area contributed by atoms with Crippen LogP contribution in [-0.2, 0) is 16.0 Å². The third kappa shape index (κ3) is 3.65. The molecule has 6 heteroatoms. The lowest BCUT2D eigenvalue weighted by atomic mass is 10.1. The smallest absolute Gasteiger partial charge is 0.228 e. The summed E-state index contributed by atoms with van der Waals surface area (Å²) in [7, 11) is 0. The monoisotopic (exact) mass is 312 g/mol. The van der Waals surface area contributed by atoms with E-state index in [-0.39, 0.29) is 12.3 Å². The Balaban J connectivity index is 1.82. The van der Waals surface area contributed by atoms with Crippen molar-refractivity contribution in [3.63, 3.8) is 0 Å². The summed E-state index contributed by atoms with van der Waals surface area (Å²) in [6.07, 6.45) is 2.91. The first-order valence-electron chi connectivity index (χ1n) is 7.84. The fourth-order valence-corrected chi connectivity index (χ4v) is 2.54. The number of aromatic nitrogens is 2. The second-order valence-electron chi connectivity index (χ2n) is 5.32. The number of benzene rings is 1. The Hall–Kier alpha value is -2.47. The molecule has 2 N–H and O–H groups in total.